The van der Waals surface area contributed by atoms with Gasteiger partial charge in [0.2, 0.25) is 0 Å². The highest BCUT2D eigenvalue weighted by molar-refractivity contribution is 5.78. The summed E-state index contributed by atoms with van der Waals surface area (Å²) in [6, 6.07) is 8.07. The number of carbonyl (C=O) groups is 1. The monoisotopic (exact) mass is 305 g/mol. The van der Waals surface area contributed by atoms with Crippen molar-refractivity contribution in [3.8, 4) is 11.5 Å². The summed E-state index contributed by atoms with van der Waals surface area (Å²) in [6.45, 7) is 7.12. The summed E-state index contributed by atoms with van der Waals surface area (Å²) in [6.07, 6.45) is 4.35. The van der Waals surface area contributed by atoms with Crippen LogP contribution in [0.25, 0.3) is 0 Å². The zero-order chi connectivity index (χ0) is 15.9. The summed E-state index contributed by atoms with van der Waals surface area (Å²) in [7, 11) is 0. The van der Waals surface area contributed by atoms with Gasteiger partial charge in [0.1, 0.15) is 11.5 Å². The predicted octanol–water partition coefficient (Wildman–Crippen LogP) is 3.64. The maximum absolute atomic E-state index is 12.4. The van der Waals surface area contributed by atoms with E-state index in [0.29, 0.717) is 24.4 Å². The van der Waals surface area contributed by atoms with Crippen molar-refractivity contribution in [3.05, 3.63) is 24.3 Å². The summed E-state index contributed by atoms with van der Waals surface area (Å²) in [5, 5.41) is 0. The molecule has 0 saturated carbocycles. The molecule has 0 aromatic heterocycles. The fraction of sp³-hybridized carbons (Fsp3) is 0.611. The van der Waals surface area contributed by atoms with E-state index in [1.165, 1.54) is 6.42 Å². The van der Waals surface area contributed by atoms with Crippen LogP contribution in [0.4, 0.5) is 0 Å². The number of nitrogens with zero attached hydrogens (tertiary/aromatic N) is 1. The lowest BCUT2D eigenvalue weighted by atomic mass is 9.97. The Kier molecular flexibility index (Phi) is 6.10. The van der Waals surface area contributed by atoms with E-state index in [4.69, 9.17) is 9.47 Å². The standard InChI is InChI=1S/C18H27NO3/c1-4-12-21-16-8-10-17(11-9-16)22-13-18(20)19-14(2)6-5-7-15(19)3/h8-11,14-15H,4-7,12-13H2,1-3H3. The van der Waals surface area contributed by atoms with E-state index in [9.17, 15) is 4.79 Å². The summed E-state index contributed by atoms with van der Waals surface area (Å²) in [5.74, 6) is 1.61. The van der Waals surface area contributed by atoms with Gasteiger partial charge in [-0.1, -0.05) is 6.92 Å². The van der Waals surface area contributed by atoms with E-state index in [1.54, 1.807) is 0 Å². The summed E-state index contributed by atoms with van der Waals surface area (Å²) in [5.41, 5.74) is 0. The molecule has 1 aliphatic rings. The lowest BCUT2D eigenvalue weighted by molar-refractivity contribution is -0.139. The molecule has 2 unspecified atom stereocenters. The van der Waals surface area contributed by atoms with Crippen LogP contribution >= 0.6 is 0 Å². The van der Waals surface area contributed by atoms with Crippen LogP contribution in [0.1, 0.15) is 46.5 Å². The van der Waals surface area contributed by atoms with Crippen molar-refractivity contribution in [2.24, 2.45) is 0 Å². The number of benzene rings is 1. The fourth-order valence-corrected chi connectivity index (χ4v) is 2.98. The Morgan fingerprint density at radius 1 is 1.09 bits per heavy atom. The van der Waals surface area contributed by atoms with Gasteiger partial charge in [-0.05, 0) is 63.8 Å². The molecule has 0 spiro atoms. The molecule has 1 amide bonds. The maximum atomic E-state index is 12.4. The molecule has 4 heteroatoms. The quantitative estimate of drug-likeness (QED) is 0.805. The highest BCUT2D eigenvalue weighted by atomic mass is 16.5. The van der Waals surface area contributed by atoms with Gasteiger partial charge in [-0.3, -0.25) is 4.79 Å². The Bertz CT molecular complexity index is 462. The molecule has 0 N–H and O–H groups in total. The van der Waals surface area contributed by atoms with Gasteiger partial charge < -0.3 is 14.4 Å². The third-order valence-corrected chi connectivity index (χ3v) is 4.14. The first-order valence-electron chi connectivity index (χ1n) is 8.28. The number of piperidine rings is 1. The lowest BCUT2D eigenvalue weighted by Gasteiger charge is -2.38. The molecule has 4 nitrogen and oxygen atoms in total. The normalized spacial score (nSPS) is 21.5. The number of amides is 1. The second-order valence-electron chi connectivity index (χ2n) is 6.04. The first kappa shape index (κ1) is 16.7. The number of hydrogen-bond donors (Lipinski definition) is 0. The summed E-state index contributed by atoms with van der Waals surface area (Å²) < 4.78 is 11.2. The van der Waals surface area contributed by atoms with Crippen molar-refractivity contribution >= 4 is 5.91 Å². The van der Waals surface area contributed by atoms with E-state index in [1.807, 2.05) is 29.2 Å². The lowest BCUT2D eigenvalue weighted by Crippen LogP contribution is -2.49. The first-order chi connectivity index (χ1) is 10.6. The largest absolute Gasteiger partial charge is 0.494 e. The van der Waals surface area contributed by atoms with E-state index < -0.39 is 0 Å². The number of likely N-dealkylation sites (tertiary alicyclic amines) is 1. The second-order valence-corrected chi connectivity index (χ2v) is 6.04. The van der Waals surface area contributed by atoms with E-state index >= 15 is 0 Å². The van der Waals surface area contributed by atoms with Gasteiger partial charge in [0.25, 0.3) is 5.91 Å². The Balaban J connectivity index is 1.85. The Morgan fingerprint density at radius 2 is 1.64 bits per heavy atom. The zero-order valence-electron chi connectivity index (χ0n) is 13.9. The van der Waals surface area contributed by atoms with Crippen LogP contribution in [-0.2, 0) is 4.79 Å². The molecule has 1 aromatic rings. The van der Waals surface area contributed by atoms with Gasteiger partial charge in [-0.2, -0.15) is 0 Å². The summed E-state index contributed by atoms with van der Waals surface area (Å²) >= 11 is 0. The molecule has 0 aliphatic carbocycles. The highest BCUT2D eigenvalue weighted by Crippen LogP contribution is 2.23. The molecule has 1 aliphatic heterocycles. The molecule has 1 saturated heterocycles. The number of ether oxygens (including phenoxy) is 2. The fourth-order valence-electron chi connectivity index (χ4n) is 2.98. The molecule has 0 radical (unpaired) electrons. The minimum atomic E-state index is 0.0750. The zero-order valence-corrected chi connectivity index (χ0v) is 13.9. The number of carbonyl (C=O) groups excluding carboxylic acids is 1. The maximum Gasteiger partial charge on any atom is 0.260 e. The van der Waals surface area contributed by atoms with Crippen LogP contribution in [-0.4, -0.2) is 36.1 Å². The molecule has 2 atom stereocenters. The van der Waals surface area contributed by atoms with Gasteiger partial charge in [0, 0.05) is 12.1 Å². The van der Waals surface area contributed by atoms with Crippen molar-refractivity contribution in [2.45, 2.75) is 58.5 Å². The van der Waals surface area contributed by atoms with Crippen molar-refractivity contribution in [1.29, 1.82) is 0 Å². The average molecular weight is 305 g/mol. The first-order valence-corrected chi connectivity index (χ1v) is 8.28. The third-order valence-electron chi connectivity index (χ3n) is 4.14. The molecule has 122 valence electrons. The van der Waals surface area contributed by atoms with E-state index in [0.717, 1.165) is 25.0 Å². The van der Waals surface area contributed by atoms with Gasteiger partial charge in [0.05, 0.1) is 6.61 Å². The Labute approximate surface area is 133 Å². The number of hydrogen-bond acceptors (Lipinski definition) is 3. The predicted molar refractivity (Wildman–Crippen MR) is 87.3 cm³/mol. The topological polar surface area (TPSA) is 38.8 Å². The molecule has 2 rings (SSSR count). The van der Waals surface area contributed by atoms with Crippen molar-refractivity contribution in [3.63, 3.8) is 0 Å². The average Bonchev–Trinajstić information content (AvgIpc) is 2.51. The van der Waals surface area contributed by atoms with Crippen LogP contribution in [0.3, 0.4) is 0 Å². The second kappa shape index (κ2) is 8.06. The van der Waals surface area contributed by atoms with Crippen molar-refractivity contribution in [2.75, 3.05) is 13.2 Å². The van der Waals surface area contributed by atoms with E-state index in [-0.39, 0.29) is 12.5 Å². The van der Waals surface area contributed by atoms with Gasteiger partial charge in [0.15, 0.2) is 6.61 Å². The van der Waals surface area contributed by atoms with Crippen LogP contribution in [0.15, 0.2) is 24.3 Å². The summed E-state index contributed by atoms with van der Waals surface area (Å²) in [4.78, 5) is 14.4. The molecular weight excluding hydrogens is 278 g/mol. The smallest absolute Gasteiger partial charge is 0.260 e. The third kappa shape index (κ3) is 4.39. The SMILES string of the molecule is CCCOc1ccc(OCC(=O)N2C(C)CCCC2C)cc1. The van der Waals surface area contributed by atoms with Crippen LogP contribution < -0.4 is 9.47 Å². The van der Waals surface area contributed by atoms with Crippen LogP contribution in [0.5, 0.6) is 11.5 Å². The minimum absolute atomic E-state index is 0.0750. The highest BCUT2D eigenvalue weighted by Gasteiger charge is 2.28. The Hall–Kier alpha value is -1.71. The van der Waals surface area contributed by atoms with Crippen molar-refractivity contribution in [1.82, 2.24) is 4.90 Å². The molecular formula is C18H27NO3. The van der Waals surface area contributed by atoms with Crippen molar-refractivity contribution < 1.29 is 14.3 Å². The molecule has 1 heterocycles. The molecule has 1 fully saturated rings. The van der Waals surface area contributed by atoms with Gasteiger partial charge in [-0.25, -0.2) is 0 Å². The van der Waals surface area contributed by atoms with Gasteiger partial charge >= 0.3 is 0 Å². The number of rotatable bonds is 6. The van der Waals surface area contributed by atoms with Crippen LogP contribution in [0, 0.1) is 0 Å². The minimum Gasteiger partial charge on any atom is -0.494 e. The molecule has 22 heavy (non-hydrogen) atoms. The van der Waals surface area contributed by atoms with Gasteiger partial charge in [-0.15, -0.1) is 0 Å². The molecule has 1 aromatic carbocycles. The molecule has 0 bridgehead atoms. The Morgan fingerprint density at radius 3 is 2.18 bits per heavy atom. The van der Waals surface area contributed by atoms with Crippen LogP contribution in [0.2, 0.25) is 0 Å². The van der Waals surface area contributed by atoms with E-state index in [2.05, 4.69) is 20.8 Å².